The van der Waals surface area contributed by atoms with Gasteiger partial charge in [0.25, 0.3) is 0 Å². The Morgan fingerprint density at radius 1 is 1.58 bits per heavy atom. The molecule has 0 spiro atoms. The van der Waals surface area contributed by atoms with Crippen molar-refractivity contribution in [2.24, 2.45) is 0 Å². The zero-order valence-electron chi connectivity index (χ0n) is 7.97. The summed E-state index contributed by atoms with van der Waals surface area (Å²) in [7, 11) is 0. The lowest BCUT2D eigenvalue weighted by molar-refractivity contribution is -0.135. The van der Waals surface area contributed by atoms with E-state index in [0.29, 0.717) is 0 Å². The van der Waals surface area contributed by atoms with E-state index in [2.05, 4.69) is 12.2 Å². The second kappa shape index (κ2) is 4.45. The SMILES string of the molecule is CCCN1CCNC(CC)C1=O. The number of amides is 1. The molecular formula is C9H18N2O. The third-order valence-electron chi connectivity index (χ3n) is 2.28. The van der Waals surface area contributed by atoms with Crippen molar-refractivity contribution in [1.29, 1.82) is 0 Å². The van der Waals surface area contributed by atoms with Crippen LogP contribution in [0.2, 0.25) is 0 Å². The summed E-state index contributed by atoms with van der Waals surface area (Å²) in [6.45, 7) is 6.89. The number of nitrogens with zero attached hydrogens (tertiary/aromatic N) is 1. The zero-order chi connectivity index (χ0) is 8.97. The van der Waals surface area contributed by atoms with E-state index in [1.165, 1.54) is 0 Å². The molecule has 0 aromatic heterocycles. The topological polar surface area (TPSA) is 32.3 Å². The van der Waals surface area contributed by atoms with Crippen LogP contribution in [0.3, 0.4) is 0 Å². The van der Waals surface area contributed by atoms with Crippen molar-refractivity contribution in [3.05, 3.63) is 0 Å². The highest BCUT2D eigenvalue weighted by Crippen LogP contribution is 2.04. The van der Waals surface area contributed by atoms with Crippen molar-refractivity contribution in [2.45, 2.75) is 32.7 Å². The summed E-state index contributed by atoms with van der Waals surface area (Å²) >= 11 is 0. The summed E-state index contributed by atoms with van der Waals surface area (Å²) in [5, 5.41) is 3.22. The Hall–Kier alpha value is -0.570. The van der Waals surface area contributed by atoms with E-state index in [1.54, 1.807) is 0 Å². The summed E-state index contributed by atoms with van der Waals surface area (Å²) in [6.07, 6.45) is 1.96. The summed E-state index contributed by atoms with van der Waals surface area (Å²) in [6, 6.07) is 0.0744. The zero-order valence-corrected chi connectivity index (χ0v) is 7.97. The Morgan fingerprint density at radius 3 is 2.92 bits per heavy atom. The highest BCUT2D eigenvalue weighted by molar-refractivity contribution is 5.82. The quantitative estimate of drug-likeness (QED) is 0.673. The fraction of sp³-hybridized carbons (Fsp3) is 0.889. The Kier molecular flexibility index (Phi) is 3.53. The van der Waals surface area contributed by atoms with Gasteiger partial charge in [0.05, 0.1) is 6.04 Å². The third-order valence-corrected chi connectivity index (χ3v) is 2.28. The average molecular weight is 170 g/mol. The minimum Gasteiger partial charge on any atom is -0.340 e. The smallest absolute Gasteiger partial charge is 0.239 e. The lowest BCUT2D eigenvalue weighted by Gasteiger charge is -2.32. The fourth-order valence-electron chi connectivity index (χ4n) is 1.60. The van der Waals surface area contributed by atoms with E-state index in [0.717, 1.165) is 32.5 Å². The van der Waals surface area contributed by atoms with Crippen molar-refractivity contribution in [2.75, 3.05) is 19.6 Å². The maximum Gasteiger partial charge on any atom is 0.239 e. The minimum atomic E-state index is 0.0744. The number of nitrogens with one attached hydrogen (secondary N) is 1. The molecule has 0 radical (unpaired) electrons. The molecular weight excluding hydrogens is 152 g/mol. The molecule has 1 unspecified atom stereocenters. The Morgan fingerprint density at radius 2 is 2.33 bits per heavy atom. The van der Waals surface area contributed by atoms with E-state index in [9.17, 15) is 4.79 Å². The van der Waals surface area contributed by atoms with E-state index in [-0.39, 0.29) is 11.9 Å². The first-order chi connectivity index (χ1) is 5.79. The summed E-state index contributed by atoms with van der Waals surface area (Å²) < 4.78 is 0. The van der Waals surface area contributed by atoms with Gasteiger partial charge in [-0.15, -0.1) is 0 Å². The second-order valence-electron chi connectivity index (χ2n) is 3.24. The van der Waals surface area contributed by atoms with Crippen molar-refractivity contribution >= 4 is 5.91 Å². The van der Waals surface area contributed by atoms with Gasteiger partial charge in [-0.05, 0) is 12.8 Å². The van der Waals surface area contributed by atoms with Crippen LogP contribution in [0.25, 0.3) is 0 Å². The van der Waals surface area contributed by atoms with Gasteiger partial charge >= 0.3 is 0 Å². The van der Waals surface area contributed by atoms with Gasteiger partial charge in [-0.25, -0.2) is 0 Å². The van der Waals surface area contributed by atoms with Crippen molar-refractivity contribution in [3.63, 3.8) is 0 Å². The second-order valence-corrected chi connectivity index (χ2v) is 3.24. The molecule has 3 heteroatoms. The maximum absolute atomic E-state index is 11.6. The van der Waals surface area contributed by atoms with E-state index in [4.69, 9.17) is 0 Å². The van der Waals surface area contributed by atoms with Crippen LogP contribution in [-0.2, 0) is 4.79 Å². The standard InChI is InChI=1S/C9H18N2O/c1-3-6-11-7-5-10-8(4-2)9(11)12/h8,10H,3-7H2,1-2H3. The Balaban J connectivity index is 2.47. The van der Waals surface area contributed by atoms with Crippen LogP contribution in [0.1, 0.15) is 26.7 Å². The molecule has 1 amide bonds. The van der Waals surface area contributed by atoms with Gasteiger partial charge in [-0.1, -0.05) is 13.8 Å². The van der Waals surface area contributed by atoms with Crippen LogP contribution in [0, 0.1) is 0 Å². The molecule has 3 nitrogen and oxygen atoms in total. The predicted octanol–water partition coefficient (Wildman–Crippen LogP) is 0.607. The Labute approximate surface area is 74.1 Å². The van der Waals surface area contributed by atoms with Gasteiger partial charge < -0.3 is 10.2 Å². The largest absolute Gasteiger partial charge is 0.340 e. The highest BCUT2D eigenvalue weighted by Gasteiger charge is 2.25. The normalized spacial score (nSPS) is 24.7. The average Bonchev–Trinajstić information content (AvgIpc) is 2.09. The molecule has 0 bridgehead atoms. The van der Waals surface area contributed by atoms with Crippen LogP contribution < -0.4 is 5.32 Å². The number of hydrogen-bond donors (Lipinski definition) is 1. The number of piperazine rings is 1. The van der Waals surface area contributed by atoms with Gasteiger partial charge in [0.15, 0.2) is 0 Å². The summed E-state index contributed by atoms with van der Waals surface area (Å²) in [5.74, 6) is 0.283. The van der Waals surface area contributed by atoms with Crippen molar-refractivity contribution in [3.8, 4) is 0 Å². The van der Waals surface area contributed by atoms with E-state index < -0.39 is 0 Å². The molecule has 1 fully saturated rings. The number of rotatable bonds is 3. The van der Waals surface area contributed by atoms with Crippen molar-refractivity contribution < 1.29 is 4.79 Å². The van der Waals surface area contributed by atoms with Gasteiger partial charge in [0.1, 0.15) is 0 Å². The number of hydrogen-bond acceptors (Lipinski definition) is 2. The van der Waals surface area contributed by atoms with Gasteiger partial charge in [0, 0.05) is 19.6 Å². The van der Waals surface area contributed by atoms with Crippen molar-refractivity contribution in [1.82, 2.24) is 10.2 Å². The molecule has 1 N–H and O–H groups in total. The van der Waals surface area contributed by atoms with Crippen LogP contribution in [0.15, 0.2) is 0 Å². The molecule has 1 saturated heterocycles. The number of carbonyl (C=O) groups excluding carboxylic acids is 1. The van der Waals surface area contributed by atoms with Crippen LogP contribution in [0.4, 0.5) is 0 Å². The molecule has 1 aliphatic rings. The molecule has 0 aliphatic carbocycles. The van der Waals surface area contributed by atoms with E-state index >= 15 is 0 Å². The van der Waals surface area contributed by atoms with Gasteiger partial charge in [0.2, 0.25) is 5.91 Å². The molecule has 1 rings (SSSR count). The van der Waals surface area contributed by atoms with E-state index in [1.807, 2.05) is 11.8 Å². The molecule has 0 aromatic rings. The first-order valence-corrected chi connectivity index (χ1v) is 4.81. The number of carbonyl (C=O) groups is 1. The molecule has 12 heavy (non-hydrogen) atoms. The summed E-state index contributed by atoms with van der Waals surface area (Å²) in [5.41, 5.74) is 0. The minimum absolute atomic E-state index is 0.0744. The first kappa shape index (κ1) is 9.52. The fourth-order valence-corrected chi connectivity index (χ4v) is 1.60. The predicted molar refractivity (Wildman–Crippen MR) is 49.0 cm³/mol. The molecule has 1 heterocycles. The summed E-state index contributed by atoms with van der Waals surface area (Å²) in [4.78, 5) is 13.6. The molecule has 70 valence electrons. The first-order valence-electron chi connectivity index (χ1n) is 4.81. The monoisotopic (exact) mass is 170 g/mol. The maximum atomic E-state index is 11.6. The lowest BCUT2D eigenvalue weighted by atomic mass is 10.1. The van der Waals surface area contributed by atoms with Crippen LogP contribution in [-0.4, -0.2) is 36.5 Å². The molecule has 1 aliphatic heterocycles. The molecule has 0 saturated carbocycles. The van der Waals surface area contributed by atoms with Gasteiger partial charge in [-0.2, -0.15) is 0 Å². The Bertz CT molecular complexity index is 157. The van der Waals surface area contributed by atoms with Crippen LogP contribution >= 0.6 is 0 Å². The lowest BCUT2D eigenvalue weighted by Crippen LogP contribution is -2.54. The molecule has 1 atom stereocenters. The highest BCUT2D eigenvalue weighted by atomic mass is 16.2. The molecule has 0 aromatic carbocycles. The van der Waals surface area contributed by atoms with Crippen LogP contribution in [0.5, 0.6) is 0 Å². The third kappa shape index (κ3) is 1.97. The van der Waals surface area contributed by atoms with Gasteiger partial charge in [-0.3, -0.25) is 4.79 Å².